The number of phenolic OH excluding ortho intramolecular Hbond substituents is 1. The lowest BCUT2D eigenvalue weighted by atomic mass is 10.2. The Morgan fingerprint density at radius 1 is 1.00 bits per heavy atom. The molecule has 0 amide bonds. The molecule has 0 aliphatic carbocycles. The molecule has 0 spiro atoms. The van der Waals surface area contributed by atoms with Gasteiger partial charge in [0.15, 0.2) is 4.34 Å². The van der Waals surface area contributed by atoms with E-state index >= 15 is 0 Å². The first-order valence-electron chi connectivity index (χ1n) is 7.94. The summed E-state index contributed by atoms with van der Waals surface area (Å²) >= 11 is 2.80. The maximum absolute atomic E-state index is 9.74. The summed E-state index contributed by atoms with van der Waals surface area (Å²) < 4.78 is 6.42. The molecule has 0 saturated heterocycles. The number of thioether (sulfide) groups is 1. The maximum atomic E-state index is 9.74. The van der Waals surface area contributed by atoms with Crippen LogP contribution in [0.5, 0.6) is 5.75 Å². The Kier molecular flexibility index (Phi) is 5.22. The van der Waals surface area contributed by atoms with E-state index in [0.29, 0.717) is 28.2 Å². The second kappa shape index (κ2) is 8.11. The van der Waals surface area contributed by atoms with Gasteiger partial charge in [0.25, 0.3) is 0 Å². The van der Waals surface area contributed by atoms with Crippen molar-refractivity contribution in [1.29, 1.82) is 0 Å². The molecule has 2 aromatic heterocycles. The molecule has 0 bridgehead atoms. The Morgan fingerprint density at radius 3 is 2.67 bits per heavy atom. The minimum absolute atomic E-state index is 0.172. The number of aromatic nitrogens is 4. The van der Waals surface area contributed by atoms with Crippen LogP contribution in [-0.2, 0) is 5.75 Å². The van der Waals surface area contributed by atoms with Gasteiger partial charge in [-0.3, -0.25) is 0 Å². The van der Waals surface area contributed by atoms with E-state index in [2.05, 4.69) is 25.4 Å². The number of hydrogen-bond donors (Lipinski definition) is 1. The van der Waals surface area contributed by atoms with E-state index in [1.165, 1.54) is 23.1 Å². The van der Waals surface area contributed by atoms with Crippen molar-refractivity contribution in [2.45, 2.75) is 10.1 Å². The Labute approximate surface area is 162 Å². The predicted octanol–water partition coefficient (Wildman–Crippen LogP) is 4.34. The van der Waals surface area contributed by atoms with E-state index < -0.39 is 0 Å². The van der Waals surface area contributed by atoms with E-state index in [4.69, 9.17) is 4.42 Å². The Hall–Kier alpha value is -3.04. The lowest BCUT2D eigenvalue weighted by molar-refractivity contribution is 0.474. The standard InChI is InChI=1S/C18H13N5O2S2/c24-14-9-5-4-8-13(14)10-19-17-22-23-18(27-17)26-11-15-20-21-16(25-15)12-6-2-1-3-7-12/h1-10,24H,11H2/b19-10+. The molecule has 2 heterocycles. The van der Waals surface area contributed by atoms with E-state index in [1.807, 2.05) is 36.4 Å². The number of benzene rings is 2. The molecule has 0 unspecified atom stereocenters. The largest absolute Gasteiger partial charge is 0.507 e. The number of nitrogens with zero attached hydrogens (tertiary/aromatic N) is 5. The molecule has 0 saturated carbocycles. The van der Waals surface area contributed by atoms with Crippen LogP contribution in [0.15, 0.2) is 68.3 Å². The quantitative estimate of drug-likeness (QED) is 0.383. The first-order chi connectivity index (χ1) is 13.3. The second-order valence-corrected chi connectivity index (χ2v) is 7.50. The van der Waals surface area contributed by atoms with Crippen molar-refractivity contribution in [3.05, 3.63) is 66.1 Å². The van der Waals surface area contributed by atoms with Crippen molar-refractivity contribution >= 4 is 34.4 Å². The van der Waals surface area contributed by atoms with Gasteiger partial charge in [0.2, 0.25) is 16.9 Å². The molecular weight excluding hydrogens is 382 g/mol. The second-order valence-electron chi connectivity index (χ2n) is 5.32. The zero-order valence-electron chi connectivity index (χ0n) is 13.9. The first-order valence-corrected chi connectivity index (χ1v) is 9.74. The molecule has 1 N–H and O–H groups in total. The first kappa shape index (κ1) is 17.4. The monoisotopic (exact) mass is 395 g/mol. The van der Waals surface area contributed by atoms with Gasteiger partial charge in [-0.2, -0.15) is 0 Å². The van der Waals surface area contributed by atoms with Crippen molar-refractivity contribution in [3.8, 4) is 17.2 Å². The molecule has 9 heteroatoms. The summed E-state index contributed by atoms with van der Waals surface area (Å²) in [7, 11) is 0. The SMILES string of the molecule is Oc1ccccc1/C=N/c1nnc(SCc2nnc(-c3ccccc3)o2)s1. The summed E-state index contributed by atoms with van der Waals surface area (Å²) in [6.07, 6.45) is 1.56. The van der Waals surface area contributed by atoms with Crippen LogP contribution >= 0.6 is 23.1 Å². The van der Waals surface area contributed by atoms with Gasteiger partial charge in [0, 0.05) is 17.3 Å². The minimum Gasteiger partial charge on any atom is -0.507 e. The maximum Gasteiger partial charge on any atom is 0.247 e. The highest BCUT2D eigenvalue weighted by molar-refractivity contribution is 8.00. The summed E-state index contributed by atoms with van der Waals surface area (Å²) in [5.74, 6) is 1.69. The van der Waals surface area contributed by atoms with Gasteiger partial charge < -0.3 is 9.52 Å². The van der Waals surface area contributed by atoms with E-state index in [0.717, 1.165) is 9.90 Å². The summed E-state index contributed by atoms with van der Waals surface area (Å²) in [6.45, 7) is 0. The van der Waals surface area contributed by atoms with Crippen molar-refractivity contribution in [1.82, 2.24) is 20.4 Å². The van der Waals surface area contributed by atoms with Crippen LogP contribution in [0.4, 0.5) is 5.13 Å². The average molecular weight is 395 g/mol. The van der Waals surface area contributed by atoms with Gasteiger partial charge in [-0.25, -0.2) is 4.99 Å². The van der Waals surface area contributed by atoms with Gasteiger partial charge in [0.1, 0.15) is 5.75 Å². The number of aromatic hydroxyl groups is 1. The molecule has 2 aromatic carbocycles. The summed E-state index contributed by atoms with van der Waals surface area (Å²) in [6, 6.07) is 16.6. The fourth-order valence-corrected chi connectivity index (χ4v) is 3.69. The zero-order valence-corrected chi connectivity index (χ0v) is 15.5. The van der Waals surface area contributed by atoms with E-state index in [1.54, 1.807) is 24.4 Å². The number of phenols is 1. The van der Waals surface area contributed by atoms with Crippen molar-refractivity contribution in [2.24, 2.45) is 4.99 Å². The third-order valence-corrected chi connectivity index (χ3v) is 5.40. The molecule has 0 aliphatic heterocycles. The van der Waals surface area contributed by atoms with Crippen molar-refractivity contribution < 1.29 is 9.52 Å². The van der Waals surface area contributed by atoms with Crippen molar-refractivity contribution in [3.63, 3.8) is 0 Å². The minimum atomic E-state index is 0.172. The molecular formula is C18H13N5O2S2. The normalized spacial score (nSPS) is 11.3. The third kappa shape index (κ3) is 4.39. The summed E-state index contributed by atoms with van der Waals surface area (Å²) in [5, 5.41) is 26.5. The average Bonchev–Trinajstić information content (AvgIpc) is 3.36. The van der Waals surface area contributed by atoms with Crippen LogP contribution in [-0.4, -0.2) is 31.7 Å². The molecule has 7 nitrogen and oxygen atoms in total. The van der Waals surface area contributed by atoms with Crippen LogP contribution in [0.1, 0.15) is 11.5 Å². The van der Waals surface area contributed by atoms with Crippen LogP contribution in [0.25, 0.3) is 11.5 Å². The summed E-state index contributed by atoms with van der Waals surface area (Å²) in [4.78, 5) is 4.25. The molecule has 27 heavy (non-hydrogen) atoms. The summed E-state index contributed by atoms with van der Waals surface area (Å²) in [5.41, 5.74) is 1.51. The van der Waals surface area contributed by atoms with Gasteiger partial charge in [-0.15, -0.1) is 20.4 Å². The van der Waals surface area contributed by atoms with Gasteiger partial charge >= 0.3 is 0 Å². The Morgan fingerprint density at radius 2 is 1.81 bits per heavy atom. The molecule has 4 aromatic rings. The van der Waals surface area contributed by atoms with Gasteiger partial charge in [-0.05, 0) is 24.3 Å². The molecule has 134 valence electrons. The fraction of sp³-hybridized carbons (Fsp3) is 0.0556. The lowest BCUT2D eigenvalue weighted by Gasteiger charge is -1.95. The highest BCUT2D eigenvalue weighted by Crippen LogP contribution is 2.30. The Bertz CT molecular complexity index is 1060. The predicted molar refractivity (Wildman–Crippen MR) is 105 cm³/mol. The van der Waals surface area contributed by atoms with Gasteiger partial charge in [-0.1, -0.05) is 53.4 Å². The molecule has 0 atom stereocenters. The van der Waals surface area contributed by atoms with Crippen LogP contribution < -0.4 is 0 Å². The highest BCUT2D eigenvalue weighted by atomic mass is 32.2. The van der Waals surface area contributed by atoms with Crippen molar-refractivity contribution in [2.75, 3.05) is 0 Å². The molecule has 0 fully saturated rings. The van der Waals surface area contributed by atoms with Crippen LogP contribution in [0.3, 0.4) is 0 Å². The number of para-hydroxylation sites is 1. The third-order valence-electron chi connectivity index (χ3n) is 3.45. The number of hydrogen-bond acceptors (Lipinski definition) is 9. The zero-order chi connectivity index (χ0) is 18.5. The molecule has 4 rings (SSSR count). The molecule has 0 radical (unpaired) electrons. The number of rotatable bonds is 6. The molecule has 0 aliphatic rings. The topological polar surface area (TPSA) is 97.3 Å². The number of aliphatic imine (C=N–C) groups is 1. The smallest absolute Gasteiger partial charge is 0.247 e. The van der Waals surface area contributed by atoms with E-state index in [-0.39, 0.29) is 5.75 Å². The highest BCUT2D eigenvalue weighted by Gasteiger charge is 2.10. The fourth-order valence-electron chi connectivity index (χ4n) is 2.17. The van der Waals surface area contributed by atoms with Crippen LogP contribution in [0, 0.1) is 0 Å². The lowest BCUT2D eigenvalue weighted by Crippen LogP contribution is -1.80. The Balaban J connectivity index is 1.37. The van der Waals surface area contributed by atoms with Crippen LogP contribution in [0.2, 0.25) is 0 Å². The van der Waals surface area contributed by atoms with Gasteiger partial charge in [0.05, 0.1) is 5.75 Å². The van der Waals surface area contributed by atoms with E-state index in [9.17, 15) is 5.11 Å².